The van der Waals surface area contributed by atoms with E-state index in [-0.39, 0.29) is 24.6 Å². The fourth-order valence-corrected chi connectivity index (χ4v) is 2.52. The third-order valence-electron chi connectivity index (χ3n) is 3.79. The number of piperidine rings is 1. The number of aliphatic hydroxyl groups excluding tert-OH is 1. The van der Waals surface area contributed by atoms with Gasteiger partial charge in [-0.05, 0) is 37.8 Å². The summed E-state index contributed by atoms with van der Waals surface area (Å²) >= 11 is 0. The number of hydrogen-bond acceptors (Lipinski definition) is 2. The van der Waals surface area contributed by atoms with E-state index < -0.39 is 11.6 Å². The van der Waals surface area contributed by atoms with Crippen molar-refractivity contribution in [3.8, 4) is 0 Å². The highest BCUT2D eigenvalue weighted by Crippen LogP contribution is 2.24. The first-order chi connectivity index (χ1) is 8.61. The topological polar surface area (TPSA) is 23.5 Å². The Morgan fingerprint density at radius 3 is 2.56 bits per heavy atom. The van der Waals surface area contributed by atoms with Gasteiger partial charge in [0.25, 0.3) is 0 Å². The van der Waals surface area contributed by atoms with Crippen molar-refractivity contribution < 1.29 is 13.9 Å². The lowest BCUT2D eigenvalue weighted by atomic mass is 9.93. The zero-order valence-electron chi connectivity index (χ0n) is 10.6. The Hall–Kier alpha value is -1.00. The zero-order valence-corrected chi connectivity index (χ0v) is 10.6. The third kappa shape index (κ3) is 2.87. The maximum atomic E-state index is 13.6. The van der Waals surface area contributed by atoms with Gasteiger partial charge < -0.3 is 5.11 Å². The molecule has 100 valence electrons. The lowest BCUT2D eigenvalue weighted by Crippen LogP contribution is -2.42. The van der Waals surface area contributed by atoms with Crippen LogP contribution in [-0.2, 0) is 6.54 Å². The SMILES string of the molecule is CC1CCC(CO)CN1Cc1c(F)cccc1F. The normalized spacial score (nSPS) is 25.3. The van der Waals surface area contributed by atoms with E-state index >= 15 is 0 Å². The van der Waals surface area contributed by atoms with Gasteiger partial charge in [0.05, 0.1) is 0 Å². The molecule has 1 aliphatic rings. The molecule has 1 saturated heterocycles. The maximum absolute atomic E-state index is 13.6. The molecule has 2 unspecified atom stereocenters. The van der Waals surface area contributed by atoms with Crippen LogP contribution in [-0.4, -0.2) is 29.2 Å². The molecule has 18 heavy (non-hydrogen) atoms. The van der Waals surface area contributed by atoms with Crippen molar-refractivity contribution in [2.75, 3.05) is 13.2 Å². The third-order valence-corrected chi connectivity index (χ3v) is 3.79. The molecule has 1 aliphatic heterocycles. The predicted octanol–water partition coefficient (Wildman–Crippen LogP) is 2.56. The smallest absolute Gasteiger partial charge is 0.130 e. The minimum atomic E-state index is -0.492. The summed E-state index contributed by atoms with van der Waals surface area (Å²) in [5.74, 6) is -0.766. The van der Waals surface area contributed by atoms with E-state index in [2.05, 4.69) is 6.92 Å². The average molecular weight is 255 g/mol. The van der Waals surface area contributed by atoms with Crippen LogP contribution >= 0.6 is 0 Å². The Morgan fingerprint density at radius 2 is 1.94 bits per heavy atom. The standard InChI is InChI=1S/C14H19F2NO/c1-10-5-6-11(9-18)7-17(10)8-12-13(15)3-2-4-14(12)16/h2-4,10-11,18H,5-9H2,1H3. The van der Waals surface area contributed by atoms with Crippen LogP contribution in [0.4, 0.5) is 8.78 Å². The zero-order chi connectivity index (χ0) is 13.1. The van der Waals surface area contributed by atoms with Gasteiger partial charge in [-0.2, -0.15) is 0 Å². The van der Waals surface area contributed by atoms with E-state index in [1.165, 1.54) is 18.2 Å². The van der Waals surface area contributed by atoms with Gasteiger partial charge in [0.15, 0.2) is 0 Å². The predicted molar refractivity (Wildman–Crippen MR) is 66.0 cm³/mol. The molecule has 1 heterocycles. The summed E-state index contributed by atoms with van der Waals surface area (Å²) in [4.78, 5) is 2.05. The minimum absolute atomic E-state index is 0.128. The lowest BCUT2D eigenvalue weighted by molar-refractivity contribution is 0.0754. The molecule has 1 N–H and O–H groups in total. The summed E-state index contributed by atoms with van der Waals surface area (Å²) < 4.78 is 27.2. The second kappa shape index (κ2) is 5.76. The second-order valence-corrected chi connectivity index (χ2v) is 5.10. The quantitative estimate of drug-likeness (QED) is 0.897. The van der Waals surface area contributed by atoms with E-state index in [9.17, 15) is 13.9 Å². The molecule has 2 rings (SSSR count). The minimum Gasteiger partial charge on any atom is -0.396 e. The molecular formula is C14H19F2NO. The van der Waals surface area contributed by atoms with Crippen LogP contribution in [0.2, 0.25) is 0 Å². The summed E-state index contributed by atoms with van der Waals surface area (Å²) in [7, 11) is 0. The molecule has 2 nitrogen and oxygen atoms in total. The number of benzene rings is 1. The van der Waals surface area contributed by atoms with Crippen LogP contribution in [0, 0.1) is 17.6 Å². The average Bonchev–Trinajstić information content (AvgIpc) is 2.36. The Balaban J connectivity index is 2.12. The van der Waals surface area contributed by atoms with Gasteiger partial charge in [-0.15, -0.1) is 0 Å². The summed E-state index contributed by atoms with van der Waals surface area (Å²) in [5.41, 5.74) is 0.128. The first kappa shape index (κ1) is 13.4. The summed E-state index contributed by atoms with van der Waals surface area (Å²) in [6, 6.07) is 4.25. The van der Waals surface area contributed by atoms with E-state index in [0.717, 1.165) is 12.8 Å². The second-order valence-electron chi connectivity index (χ2n) is 5.10. The van der Waals surface area contributed by atoms with Crippen LogP contribution in [0.1, 0.15) is 25.3 Å². The molecule has 0 aromatic heterocycles. The molecule has 1 aromatic carbocycles. The number of aliphatic hydroxyl groups is 1. The van der Waals surface area contributed by atoms with Gasteiger partial charge in [-0.1, -0.05) is 6.07 Å². The highest BCUT2D eigenvalue weighted by atomic mass is 19.1. The van der Waals surface area contributed by atoms with Gasteiger partial charge in [0.1, 0.15) is 11.6 Å². The van der Waals surface area contributed by atoms with E-state index in [4.69, 9.17) is 0 Å². The largest absolute Gasteiger partial charge is 0.396 e. The monoisotopic (exact) mass is 255 g/mol. The van der Waals surface area contributed by atoms with Crippen molar-refractivity contribution >= 4 is 0 Å². The molecule has 0 radical (unpaired) electrons. The van der Waals surface area contributed by atoms with E-state index in [1.54, 1.807) is 0 Å². The molecular weight excluding hydrogens is 236 g/mol. The highest BCUT2D eigenvalue weighted by molar-refractivity contribution is 5.19. The molecule has 0 amide bonds. The fourth-order valence-electron chi connectivity index (χ4n) is 2.52. The van der Waals surface area contributed by atoms with Gasteiger partial charge in [0, 0.05) is 31.3 Å². The van der Waals surface area contributed by atoms with Gasteiger partial charge in [-0.3, -0.25) is 4.90 Å². The van der Waals surface area contributed by atoms with Crippen molar-refractivity contribution in [1.82, 2.24) is 4.90 Å². The maximum Gasteiger partial charge on any atom is 0.130 e. The molecule has 4 heteroatoms. The molecule has 0 bridgehead atoms. The Morgan fingerprint density at radius 1 is 1.28 bits per heavy atom. The van der Waals surface area contributed by atoms with Crippen LogP contribution < -0.4 is 0 Å². The van der Waals surface area contributed by atoms with Crippen molar-refractivity contribution in [1.29, 1.82) is 0 Å². The van der Waals surface area contributed by atoms with Crippen LogP contribution in [0.25, 0.3) is 0 Å². The number of likely N-dealkylation sites (tertiary alicyclic amines) is 1. The Bertz CT molecular complexity index is 391. The van der Waals surface area contributed by atoms with Gasteiger partial charge in [0.2, 0.25) is 0 Å². The first-order valence-corrected chi connectivity index (χ1v) is 6.39. The van der Waals surface area contributed by atoms with E-state index in [0.29, 0.717) is 12.6 Å². The number of halogens is 2. The Kier molecular flexibility index (Phi) is 4.30. The molecule has 1 fully saturated rings. The van der Waals surface area contributed by atoms with Crippen LogP contribution in [0.3, 0.4) is 0 Å². The van der Waals surface area contributed by atoms with Crippen molar-refractivity contribution in [2.24, 2.45) is 5.92 Å². The van der Waals surface area contributed by atoms with Crippen molar-refractivity contribution in [2.45, 2.75) is 32.4 Å². The highest BCUT2D eigenvalue weighted by Gasteiger charge is 2.26. The van der Waals surface area contributed by atoms with E-state index in [1.807, 2.05) is 4.90 Å². The molecule has 0 saturated carbocycles. The number of rotatable bonds is 3. The summed E-state index contributed by atoms with van der Waals surface area (Å²) in [6.07, 6.45) is 1.94. The fraction of sp³-hybridized carbons (Fsp3) is 0.571. The van der Waals surface area contributed by atoms with Crippen molar-refractivity contribution in [3.05, 3.63) is 35.4 Å². The lowest BCUT2D eigenvalue weighted by Gasteiger charge is -2.37. The summed E-state index contributed by atoms with van der Waals surface area (Å²) in [5, 5.41) is 9.20. The molecule has 1 aromatic rings. The van der Waals surface area contributed by atoms with Crippen LogP contribution in [0.5, 0.6) is 0 Å². The number of nitrogens with zero attached hydrogens (tertiary/aromatic N) is 1. The van der Waals surface area contributed by atoms with Gasteiger partial charge >= 0.3 is 0 Å². The van der Waals surface area contributed by atoms with Gasteiger partial charge in [-0.25, -0.2) is 8.78 Å². The van der Waals surface area contributed by atoms with Crippen molar-refractivity contribution in [3.63, 3.8) is 0 Å². The molecule has 0 spiro atoms. The first-order valence-electron chi connectivity index (χ1n) is 6.39. The van der Waals surface area contributed by atoms with Crippen LogP contribution in [0.15, 0.2) is 18.2 Å². The number of hydrogen-bond donors (Lipinski definition) is 1. The molecule has 0 aliphatic carbocycles. The molecule has 2 atom stereocenters. The Labute approximate surface area is 106 Å². The summed E-state index contributed by atoms with van der Waals surface area (Å²) in [6.45, 7) is 3.18.